The lowest BCUT2D eigenvalue weighted by atomic mass is 10.0. The number of benzene rings is 3. The molecule has 5 heteroatoms. The van der Waals surface area contributed by atoms with Gasteiger partial charge in [0.25, 0.3) is 0 Å². The summed E-state index contributed by atoms with van der Waals surface area (Å²) in [6, 6.07) is 20.6. The molecule has 0 aromatic heterocycles. The molecule has 2 N–H and O–H groups in total. The maximum absolute atomic E-state index is 5.40. The van der Waals surface area contributed by atoms with Gasteiger partial charge in [-0.3, -0.25) is 0 Å². The van der Waals surface area contributed by atoms with Crippen LogP contribution >= 0.6 is 12.2 Å². The first kappa shape index (κ1) is 15.7. The van der Waals surface area contributed by atoms with E-state index in [4.69, 9.17) is 21.7 Å². The summed E-state index contributed by atoms with van der Waals surface area (Å²) < 4.78 is 10.7. The lowest BCUT2D eigenvalue weighted by Gasteiger charge is -2.12. The molecule has 1 heterocycles. The monoisotopic (exact) mass is 350 g/mol. The summed E-state index contributed by atoms with van der Waals surface area (Å²) >= 11 is 5.40. The molecule has 0 unspecified atom stereocenters. The molecule has 4 rings (SSSR count). The summed E-state index contributed by atoms with van der Waals surface area (Å²) in [5.41, 5.74) is 2.32. The Hall–Kier alpha value is -2.79. The smallest absolute Gasteiger partial charge is 0.231 e. The number of rotatable bonds is 4. The summed E-state index contributed by atoms with van der Waals surface area (Å²) in [5, 5.41) is 9.62. The molecule has 0 fully saturated rings. The Balaban J connectivity index is 1.35. The van der Waals surface area contributed by atoms with Gasteiger partial charge in [-0.15, -0.1) is 0 Å². The third kappa shape index (κ3) is 3.51. The van der Waals surface area contributed by atoms with Gasteiger partial charge >= 0.3 is 0 Å². The van der Waals surface area contributed by atoms with E-state index in [1.807, 2.05) is 18.2 Å². The molecule has 126 valence electrons. The third-order valence-electron chi connectivity index (χ3n) is 4.21. The number of ether oxygens (including phenoxy) is 2. The molecule has 0 radical (unpaired) electrons. The molecule has 0 spiro atoms. The van der Waals surface area contributed by atoms with E-state index in [1.165, 1.54) is 16.3 Å². The van der Waals surface area contributed by atoms with E-state index in [0.717, 1.165) is 17.1 Å². The molecule has 4 nitrogen and oxygen atoms in total. The maximum Gasteiger partial charge on any atom is 0.231 e. The van der Waals surface area contributed by atoms with E-state index in [9.17, 15) is 0 Å². The average Bonchev–Trinajstić information content (AvgIpc) is 3.12. The normalized spacial score (nSPS) is 12.2. The van der Waals surface area contributed by atoms with Crippen LogP contribution in [0.25, 0.3) is 10.8 Å². The Labute approximate surface area is 151 Å². The molecule has 0 aliphatic carbocycles. The zero-order valence-corrected chi connectivity index (χ0v) is 14.4. The minimum Gasteiger partial charge on any atom is -0.454 e. The van der Waals surface area contributed by atoms with Crippen LogP contribution in [0.3, 0.4) is 0 Å². The fourth-order valence-corrected chi connectivity index (χ4v) is 3.06. The Morgan fingerprint density at radius 3 is 2.64 bits per heavy atom. The predicted molar refractivity (Wildman–Crippen MR) is 103 cm³/mol. The second-order valence-electron chi connectivity index (χ2n) is 5.86. The molecule has 3 aromatic rings. The summed E-state index contributed by atoms with van der Waals surface area (Å²) in [6.45, 7) is 1.61. The fourth-order valence-electron chi connectivity index (χ4n) is 2.92. The van der Waals surface area contributed by atoms with Crippen molar-refractivity contribution < 1.29 is 9.47 Å². The summed E-state index contributed by atoms with van der Waals surface area (Å²) in [5.74, 6) is 1.58. The highest BCUT2D eigenvalue weighted by atomic mass is 32.1. The average molecular weight is 350 g/mol. The lowest BCUT2D eigenvalue weighted by molar-refractivity contribution is 0.174. The topological polar surface area (TPSA) is 42.5 Å². The number of hydrogen-bond acceptors (Lipinski definition) is 3. The van der Waals surface area contributed by atoms with Crippen LogP contribution in [0.2, 0.25) is 0 Å². The molecule has 0 saturated heterocycles. The second-order valence-corrected chi connectivity index (χ2v) is 6.27. The van der Waals surface area contributed by atoms with Gasteiger partial charge in [-0.05, 0) is 46.2 Å². The van der Waals surface area contributed by atoms with Gasteiger partial charge in [-0.25, -0.2) is 0 Å². The number of fused-ring (bicyclic) bond motifs is 2. The molecule has 0 amide bonds. The second kappa shape index (κ2) is 6.99. The van der Waals surface area contributed by atoms with Gasteiger partial charge in [0.1, 0.15) is 0 Å². The summed E-state index contributed by atoms with van der Waals surface area (Å²) in [6.07, 6.45) is 0. The third-order valence-corrected chi connectivity index (χ3v) is 4.50. The van der Waals surface area contributed by atoms with E-state index in [0.29, 0.717) is 18.2 Å². The summed E-state index contributed by atoms with van der Waals surface area (Å²) in [7, 11) is 0. The van der Waals surface area contributed by atoms with Crippen LogP contribution in [0.4, 0.5) is 0 Å². The largest absolute Gasteiger partial charge is 0.454 e. The molecule has 1 aliphatic rings. The molecular formula is C20H18N2O2S. The number of thiocarbonyl (C=S) groups is 1. The fraction of sp³-hybridized carbons (Fsp3) is 0.150. The lowest BCUT2D eigenvalue weighted by Crippen LogP contribution is -2.34. The van der Waals surface area contributed by atoms with Gasteiger partial charge in [0, 0.05) is 13.1 Å². The molecule has 0 atom stereocenters. The first-order valence-electron chi connectivity index (χ1n) is 8.16. The van der Waals surface area contributed by atoms with Crippen molar-refractivity contribution in [3.63, 3.8) is 0 Å². The van der Waals surface area contributed by atoms with Gasteiger partial charge in [0.2, 0.25) is 6.79 Å². The van der Waals surface area contributed by atoms with Crippen LogP contribution in [0.5, 0.6) is 11.5 Å². The van der Waals surface area contributed by atoms with Crippen LogP contribution in [0.1, 0.15) is 11.1 Å². The van der Waals surface area contributed by atoms with Gasteiger partial charge in [0.05, 0.1) is 0 Å². The van der Waals surface area contributed by atoms with Crippen molar-refractivity contribution in [1.29, 1.82) is 0 Å². The van der Waals surface area contributed by atoms with Crippen molar-refractivity contribution in [3.8, 4) is 11.5 Å². The quantitative estimate of drug-likeness (QED) is 0.702. The van der Waals surface area contributed by atoms with Crippen LogP contribution < -0.4 is 20.1 Å². The Kier molecular flexibility index (Phi) is 4.39. The van der Waals surface area contributed by atoms with Gasteiger partial charge in [0.15, 0.2) is 16.6 Å². The molecule has 1 aliphatic heterocycles. The van der Waals surface area contributed by atoms with E-state index in [1.54, 1.807) is 0 Å². The van der Waals surface area contributed by atoms with Crippen molar-refractivity contribution in [2.75, 3.05) is 6.79 Å². The molecule has 0 bridgehead atoms. The Morgan fingerprint density at radius 2 is 1.68 bits per heavy atom. The maximum atomic E-state index is 5.40. The van der Waals surface area contributed by atoms with Gasteiger partial charge < -0.3 is 20.1 Å². The van der Waals surface area contributed by atoms with E-state index >= 15 is 0 Å². The van der Waals surface area contributed by atoms with Crippen LogP contribution in [0, 0.1) is 0 Å². The highest BCUT2D eigenvalue weighted by Gasteiger charge is 2.13. The zero-order chi connectivity index (χ0) is 17.1. The molecule has 3 aromatic carbocycles. The Bertz CT molecular complexity index is 921. The van der Waals surface area contributed by atoms with Crippen molar-refractivity contribution in [2.45, 2.75) is 13.1 Å². The first-order valence-corrected chi connectivity index (χ1v) is 8.57. The van der Waals surface area contributed by atoms with Crippen LogP contribution in [-0.4, -0.2) is 11.9 Å². The van der Waals surface area contributed by atoms with E-state index < -0.39 is 0 Å². The molecular weight excluding hydrogens is 332 g/mol. The van der Waals surface area contributed by atoms with Crippen molar-refractivity contribution in [1.82, 2.24) is 10.6 Å². The Morgan fingerprint density at radius 1 is 0.880 bits per heavy atom. The SMILES string of the molecule is S=C(NCc1ccc2c(c1)OCO2)NCc1cccc2ccccc12. The van der Waals surface area contributed by atoms with Crippen molar-refractivity contribution >= 4 is 28.1 Å². The number of hydrogen-bond donors (Lipinski definition) is 2. The molecule has 25 heavy (non-hydrogen) atoms. The first-order chi connectivity index (χ1) is 12.3. The van der Waals surface area contributed by atoms with Crippen molar-refractivity contribution in [2.24, 2.45) is 0 Å². The minimum atomic E-state index is 0.289. The van der Waals surface area contributed by atoms with E-state index in [2.05, 4.69) is 53.1 Å². The standard InChI is InChI=1S/C20H18N2O2S/c25-20(21-11-14-8-9-18-19(10-14)24-13-23-18)22-12-16-6-3-5-15-4-1-2-7-17(15)16/h1-10H,11-13H2,(H2,21,22,25). The highest BCUT2D eigenvalue weighted by molar-refractivity contribution is 7.80. The van der Waals surface area contributed by atoms with Crippen LogP contribution in [-0.2, 0) is 13.1 Å². The summed E-state index contributed by atoms with van der Waals surface area (Å²) in [4.78, 5) is 0. The predicted octanol–water partition coefficient (Wildman–Crippen LogP) is 3.73. The zero-order valence-electron chi connectivity index (χ0n) is 13.6. The van der Waals surface area contributed by atoms with Gasteiger partial charge in [-0.2, -0.15) is 0 Å². The van der Waals surface area contributed by atoms with Gasteiger partial charge in [-0.1, -0.05) is 48.5 Å². The highest BCUT2D eigenvalue weighted by Crippen LogP contribution is 2.32. The molecule has 0 saturated carbocycles. The van der Waals surface area contributed by atoms with Crippen LogP contribution in [0.15, 0.2) is 60.7 Å². The number of nitrogens with one attached hydrogen (secondary N) is 2. The van der Waals surface area contributed by atoms with E-state index in [-0.39, 0.29) is 6.79 Å². The minimum absolute atomic E-state index is 0.289. The van der Waals surface area contributed by atoms with Crippen molar-refractivity contribution in [3.05, 3.63) is 71.8 Å².